The molecule has 0 radical (unpaired) electrons. The van der Waals surface area contributed by atoms with Gasteiger partial charge in [0.15, 0.2) is 0 Å². The Hall–Kier alpha value is -0.0500. The molecule has 0 aliphatic rings. The van der Waals surface area contributed by atoms with Crippen LogP contribution in [0.15, 0.2) is 0 Å². The highest BCUT2D eigenvalue weighted by Crippen LogP contribution is 1.96. The zero-order valence-electron chi connectivity index (χ0n) is 9.09. The number of ether oxygens (including phenoxy) is 2. The Morgan fingerprint density at radius 3 is 1.88 bits per heavy atom. The van der Waals surface area contributed by atoms with Crippen LogP contribution in [0, 0.1) is 0 Å². The highest BCUT2D eigenvalue weighted by atomic mass is 33.2. The van der Waals surface area contributed by atoms with Crippen molar-refractivity contribution in [3.63, 3.8) is 0 Å². The highest BCUT2D eigenvalue weighted by molar-refractivity contribution is 8.58. The van der Waals surface area contributed by atoms with Crippen molar-refractivity contribution in [1.82, 2.24) is 0 Å². The van der Waals surface area contributed by atoms with Crippen LogP contribution in [0.4, 0.5) is 0 Å². The Balaban J connectivity index is 4.20. The average molecular weight is 302 g/mol. The SMILES string of the molecule is COC(=O)CCS(CCC(=O)OC)=S=S=S. The number of methoxy groups -OCH3 is 2. The third kappa shape index (κ3) is 8.14. The first kappa shape index (κ1) is 16.0. The van der Waals surface area contributed by atoms with Gasteiger partial charge in [-0.25, -0.2) is 0 Å². The zero-order valence-corrected chi connectivity index (χ0v) is 12.4. The molecule has 0 rings (SSSR count). The molecule has 0 aromatic rings. The van der Waals surface area contributed by atoms with E-state index in [1.54, 1.807) is 0 Å². The second kappa shape index (κ2) is 10.1. The summed E-state index contributed by atoms with van der Waals surface area (Å²) < 4.78 is 9.11. The molecule has 0 unspecified atom stereocenters. The molecule has 0 aliphatic heterocycles. The molecular formula is C8H14O4S4. The Bertz CT molecular complexity index is 320. The number of hydrogen-bond donors (Lipinski definition) is 0. The minimum Gasteiger partial charge on any atom is -0.469 e. The lowest BCUT2D eigenvalue weighted by molar-refractivity contribution is -0.140. The van der Waals surface area contributed by atoms with Crippen LogP contribution in [0.25, 0.3) is 0 Å². The lowest BCUT2D eigenvalue weighted by Crippen LogP contribution is -2.12. The van der Waals surface area contributed by atoms with Crippen molar-refractivity contribution in [3.05, 3.63) is 0 Å². The third-order valence-corrected chi connectivity index (χ3v) is 8.69. The molecule has 0 atom stereocenters. The summed E-state index contributed by atoms with van der Waals surface area (Å²) in [5.74, 6) is 0.923. The smallest absolute Gasteiger partial charge is 0.306 e. The largest absolute Gasteiger partial charge is 0.469 e. The molecule has 0 spiro atoms. The van der Waals surface area contributed by atoms with E-state index in [9.17, 15) is 9.59 Å². The molecule has 8 heteroatoms. The third-order valence-electron chi connectivity index (χ3n) is 1.65. The molecule has 16 heavy (non-hydrogen) atoms. The maximum atomic E-state index is 11.0. The first-order valence-corrected chi connectivity index (χ1v) is 9.57. The molecule has 0 heterocycles. The summed E-state index contributed by atoms with van der Waals surface area (Å²) in [6.07, 6.45) is 0.730. The van der Waals surface area contributed by atoms with Gasteiger partial charge >= 0.3 is 11.9 Å². The first-order chi connectivity index (χ1) is 7.63. The van der Waals surface area contributed by atoms with Crippen LogP contribution in [-0.2, 0) is 57.5 Å². The van der Waals surface area contributed by atoms with Gasteiger partial charge in [-0.2, -0.15) is 0 Å². The first-order valence-electron chi connectivity index (χ1n) is 4.42. The number of carbonyl (C=O) groups excluding carboxylic acids is 2. The van der Waals surface area contributed by atoms with Crippen LogP contribution in [0.2, 0.25) is 0 Å². The summed E-state index contributed by atoms with van der Waals surface area (Å²) in [6, 6.07) is 0. The van der Waals surface area contributed by atoms with Gasteiger partial charge in [-0.15, -0.1) is 9.45 Å². The number of rotatable bonds is 6. The van der Waals surface area contributed by atoms with E-state index in [0.29, 0.717) is 24.3 Å². The summed E-state index contributed by atoms with van der Waals surface area (Å²) in [5.41, 5.74) is 0. The molecule has 0 N–H and O–H groups in total. The molecule has 0 saturated carbocycles. The van der Waals surface area contributed by atoms with E-state index in [1.807, 2.05) is 0 Å². The second-order valence-corrected chi connectivity index (χ2v) is 9.28. The molecule has 0 amide bonds. The van der Waals surface area contributed by atoms with Crippen LogP contribution in [0.1, 0.15) is 12.8 Å². The standard InChI is InChI=1S/C8H14O4S4/c1-11-7(9)3-5-16(15-14-13)6-4-8(10)12-2/h3-6H2,1-2H3. The van der Waals surface area contributed by atoms with Crippen LogP contribution in [0.5, 0.6) is 0 Å². The van der Waals surface area contributed by atoms with E-state index in [0.717, 1.165) is 0 Å². The second-order valence-electron chi connectivity index (χ2n) is 2.64. The molecule has 94 valence electrons. The minimum atomic E-state index is -0.231. The maximum absolute atomic E-state index is 11.0. The van der Waals surface area contributed by atoms with E-state index in [2.05, 4.69) is 9.47 Å². The van der Waals surface area contributed by atoms with Crippen molar-refractivity contribution < 1.29 is 19.1 Å². The van der Waals surface area contributed by atoms with Gasteiger partial charge in [0.25, 0.3) is 0 Å². The summed E-state index contributed by atoms with van der Waals surface area (Å²) in [4.78, 5) is 21.9. The lowest BCUT2D eigenvalue weighted by atomic mass is 10.5. The molecule has 0 aromatic heterocycles. The topological polar surface area (TPSA) is 52.6 Å². The van der Waals surface area contributed by atoms with Crippen molar-refractivity contribution in [1.29, 1.82) is 0 Å². The average Bonchev–Trinajstić information content (AvgIpc) is 2.31. The Morgan fingerprint density at radius 2 is 1.56 bits per heavy atom. The van der Waals surface area contributed by atoms with Crippen molar-refractivity contribution >= 4 is 50.3 Å². The monoisotopic (exact) mass is 302 g/mol. The van der Waals surface area contributed by atoms with Gasteiger partial charge in [0.05, 0.1) is 27.1 Å². The Morgan fingerprint density at radius 1 is 1.12 bits per heavy atom. The van der Waals surface area contributed by atoms with Gasteiger partial charge in [0, 0.05) is 11.5 Å². The zero-order chi connectivity index (χ0) is 12.4. The van der Waals surface area contributed by atoms with Crippen LogP contribution in [0.3, 0.4) is 0 Å². The van der Waals surface area contributed by atoms with Crippen LogP contribution in [-0.4, -0.2) is 37.7 Å². The summed E-state index contributed by atoms with van der Waals surface area (Å²) in [5, 5.41) is 0. The van der Waals surface area contributed by atoms with Gasteiger partial charge in [-0.05, 0) is 28.9 Å². The van der Waals surface area contributed by atoms with Crippen molar-refractivity contribution in [2.75, 3.05) is 25.7 Å². The number of hydrogen-bond acceptors (Lipinski definition) is 5. The molecule has 0 bridgehead atoms. The number of esters is 2. The van der Waals surface area contributed by atoms with Crippen molar-refractivity contribution in [2.45, 2.75) is 12.8 Å². The molecular weight excluding hydrogens is 288 g/mol. The Labute approximate surface area is 108 Å². The normalized spacial score (nSPS) is 9.69. The van der Waals surface area contributed by atoms with E-state index in [-0.39, 0.29) is 21.4 Å². The predicted octanol–water partition coefficient (Wildman–Crippen LogP) is 0.188. The molecule has 4 nitrogen and oxygen atoms in total. The lowest BCUT2D eigenvalue weighted by Gasteiger charge is -2.04. The molecule has 0 aliphatic carbocycles. The fraction of sp³-hybridized carbons (Fsp3) is 0.750. The van der Waals surface area contributed by atoms with Crippen molar-refractivity contribution in [3.8, 4) is 0 Å². The fourth-order valence-electron chi connectivity index (χ4n) is 0.808. The van der Waals surface area contributed by atoms with E-state index in [1.165, 1.54) is 32.0 Å². The van der Waals surface area contributed by atoms with Crippen LogP contribution < -0.4 is 0 Å². The number of carbonyl (C=O) groups is 2. The van der Waals surface area contributed by atoms with Gasteiger partial charge in [0.2, 0.25) is 0 Å². The molecule has 0 saturated heterocycles. The van der Waals surface area contributed by atoms with E-state index < -0.39 is 0 Å². The van der Waals surface area contributed by atoms with E-state index >= 15 is 0 Å². The van der Waals surface area contributed by atoms with Crippen molar-refractivity contribution in [2.24, 2.45) is 0 Å². The van der Waals surface area contributed by atoms with Gasteiger partial charge in [0.1, 0.15) is 0 Å². The summed E-state index contributed by atoms with van der Waals surface area (Å²) in [6.45, 7) is 0. The molecule has 0 fully saturated rings. The quantitative estimate of drug-likeness (QED) is 0.656. The summed E-state index contributed by atoms with van der Waals surface area (Å²) in [7, 11) is 5.40. The van der Waals surface area contributed by atoms with Gasteiger partial charge in [-0.1, -0.05) is 0 Å². The van der Waals surface area contributed by atoms with Crippen LogP contribution >= 0.6 is 0 Å². The maximum Gasteiger partial charge on any atom is 0.306 e. The minimum absolute atomic E-state index is 0.0951. The highest BCUT2D eigenvalue weighted by Gasteiger charge is 2.06. The summed E-state index contributed by atoms with van der Waals surface area (Å²) >= 11 is 4.80. The van der Waals surface area contributed by atoms with E-state index in [4.69, 9.17) is 11.2 Å². The Kier molecular flexibility index (Phi) is 10.1. The fourth-order valence-corrected chi connectivity index (χ4v) is 7.21. The van der Waals surface area contributed by atoms with Gasteiger partial charge in [-0.3, -0.25) is 9.59 Å². The molecule has 0 aromatic carbocycles. The predicted molar refractivity (Wildman–Crippen MR) is 72.5 cm³/mol. The van der Waals surface area contributed by atoms with Gasteiger partial charge < -0.3 is 9.47 Å².